The third kappa shape index (κ3) is 4.84. The molecule has 3 amide bonds. The maximum Gasteiger partial charge on any atom is 0.321 e. The van der Waals surface area contributed by atoms with Gasteiger partial charge in [-0.3, -0.25) is 4.79 Å². The van der Waals surface area contributed by atoms with E-state index in [1.54, 1.807) is 4.90 Å². The Morgan fingerprint density at radius 3 is 2.40 bits per heavy atom. The SMILES string of the molecule is Cc1cccc(NC(=O)N2CCCC(C(=O)N3CCC(c4ccccc4)CC3)C2)c1. The fourth-order valence-corrected chi connectivity index (χ4v) is 4.71. The van der Waals surface area contributed by atoms with Gasteiger partial charge in [-0.15, -0.1) is 0 Å². The molecule has 0 radical (unpaired) electrons. The number of carbonyl (C=O) groups is 2. The van der Waals surface area contributed by atoms with Crippen molar-refractivity contribution < 1.29 is 9.59 Å². The number of amides is 3. The van der Waals surface area contributed by atoms with E-state index in [1.807, 2.05) is 42.2 Å². The number of anilines is 1. The minimum atomic E-state index is -0.110. The summed E-state index contributed by atoms with van der Waals surface area (Å²) in [5.41, 5.74) is 3.29. The molecule has 2 aliphatic heterocycles. The van der Waals surface area contributed by atoms with Gasteiger partial charge in [-0.2, -0.15) is 0 Å². The van der Waals surface area contributed by atoms with Gasteiger partial charge < -0.3 is 15.1 Å². The zero-order chi connectivity index (χ0) is 20.9. The molecular weight excluding hydrogens is 374 g/mol. The molecule has 5 heteroatoms. The van der Waals surface area contributed by atoms with E-state index in [1.165, 1.54) is 5.56 Å². The van der Waals surface area contributed by atoms with Gasteiger partial charge in [0.2, 0.25) is 5.91 Å². The number of nitrogens with zero attached hydrogens (tertiary/aromatic N) is 2. The summed E-state index contributed by atoms with van der Waals surface area (Å²) in [6.45, 7) is 4.84. The largest absolute Gasteiger partial charge is 0.342 e. The number of aryl methyl sites for hydroxylation is 1. The summed E-state index contributed by atoms with van der Waals surface area (Å²) in [6, 6.07) is 18.3. The van der Waals surface area contributed by atoms with Crippen molar-refractivity contribution in [2.45, 2.75) is 38.5 Å². The molecule has 30 heavy (non-hydrogen) atoms. The van der Waals surface area contributed by atoms with Crippen molar-refractivity contribution in [1.82, 2.24) is 9.80 Å². The van der Waals surface area contributed by atoms with Gasteiger partial charge in [-0.1, -0.05) is 42.5 Å². The van der Waals surface area contributed by atoms with Crippen LogP contribution >= 0.6 is 0 Å². The molecule has 1 unspecified atom stereocenters. The average molecular weight is 406 g/mol. The van der Waals surface area contributed by atoms with Gasteiger partial charge in [0.15, 0.2) is 0 Å². The molecule has 4 rings (SSSR count). The van der Waals surface area contributed by atoms with Crippen molar-refractivity contribution >= 4 is 17.6 Å². The van der Waals surface area contributed by atoms with E-state index in [9.17, 15) is 9.59 Å². The van der Waals surface area contributed by atoms with Gasteiger partial charge in [0.1, 0.15) is 0 Å². The van der Waals surface area contributed by atoms with Crippen LogP contribution in [0, 0.1) is 12.8 Å². The highest BCUT2D eigenvalue weighted by Crippen LogP contribution is 2.29. The normalized spacial score (nSPS) is 20.1. The van der Waals surface area contributed by atoms with E-state index < -0.39 is 0 Å². The van der Waals surface area contributed by atoms with E-state index in [-0.39, 0.29) is 17.9 Å². The lowest BCUT2D eigenvalue weighted by molar-refractivity contribution is -0.138. The molecule has 0 spiro atoms. The summed E-state index contributed by atoms with van der Waals surface area (Å²) in [5, 5.41) is 2.98. The molecule has 2 heterocycles. The molecule has 2 aromatic carbocycles. The molecule has 2 saturated heterocycles. The van der Waals surface area contributed by atoms with Gasteiger partial charge in [0.25, 0.3) is 0 Å². The van der Waals surface area contributed by atoms with E-state index >= 15 is 0 Å². The molecule has 0 aromatic heterocycles. The van der Waals surface area contributed by atoms with Gasteiger partial charge in [-0.05, 0) is 61.8 Å². The molecule has 0 bridgehead atoms. The van der Waals surface area contributed by atoms with Crippen molar-refractivity contribution in [1.29, 1.82) is 0 Å². The molecule has 2 aliphatic rings. The lowest BCUT2D eigenvalue weighted by Gasteiger charge is -2.38. The first-order valence-electron chi connectivity index (χ1n) is 11.1. The van der Waals surface area contributed by atoms with Gasteiger partial charge in [0.05, 0.1) is 5.92 Å². The smallest absolute Gasteiger partial charge is 0.321 e. The minimum absolute atomic E-state index is 0.0877. The number of likely N-dealkylation sites (tertiary alicyclic amines) is 2. The summed E-state index contributed by atoms with van der Waals surface area (Å²) in [6.07, 6.45) is 3.77. The molecule has 1 atom stereocenters. The molecule has 158 valence electrons. The Balaban J connectivity index is 1.31. The number of urea groups is 1. The Labute approximate surface area is 179 Å². The zero-order valence-electron chi connectivity index (χ0n) is 17.7. The number of nitrogens with one attached hydrogen (secondary N) is 1. The quantitative estimate of drug-likeness (QED) is 0.808. The zero-order valence-corrected chi connectivity index (χ0v) is 17.7. The highest BCUT2D eigenvalue weighted by molar-refractivity contribution is 5.90. The predicted molar refractivity (Wildman–Crippen MR) is 119 cm³/mol. The third-order valence-corrected chi connectivity index (χ3v) is 6.40. The highest BCUT2D eigenvalue weighted by atomic mass is 16.2. The standard InChI is InChI=1S/C25H31N3O2/c1-19-7-5-11-23(17-19)26-25(30)28-14-6-10-22(18-28)24(29)27-15-12-21(13-16-27)20-8-3-2-4-9-20/h2-5,7-9,11,17,21-22H,6,10,12-16,18H2,1H3,(H,26,30). The summed E-state index contributed by atoms with van der Waals surface area (Å²) < 4.78 is 0. The van der Waals surface area contributed by atoms with Crippen molar-refractivity contribution in [2.75, 3.05) is 31.5 Å². The second-order valence-electron chi connectivity index (χ2n) is 8.60. The summed E-state index contributed by atoms with van der Waals surface area (Å²) >= 11 is 0. The topological polar surface area (TPSA) is 52.7 Å². The van der Waals surface area contributed by atoms with Crippen molar-refractivity contribution in [3.8, 4) is 0 Å². The Morgan fingerprint density at radius 2 is 1.67 bits per heavy atom. The lowest BCUT2D eigenvalue weighted by atomic mass is 9.88. The Kier molecular flexibility index (Phi) is 6.36. The monoisotopic (exact) mass is 405 g/mol. The van der Waals surface area contributed by atoms with Crippen LogP contribution < -0.4 is 5.32 Å². The number of piperidine rings is 2. The molecule has 0 saturated carbocycles. The number of rotatable bonds is 3. The first-order valence-corrected chi connectivity index (χ1v) is 11.1. The molecule has 0 aliphatic carbocycles. The maximum atomic E-state index is 13.1. The summed E-state index contributed by atoms with van der Waals surface area (Å²) in [4.78, 5) is 29.7. The van der Waals surface area contributed by atoms with Crippen LogP contribution in [0.15, 0.2) is 54.6 Å². The van der Waals surface area contributed by atoms with Crippen molar-refractivity contribution in [3.63, 3.8) is 0 Å². The first-order chi connectivity index (χ1) is 14.6. The molecular formula is C25H31N3O2. The summed E-state index contributed by atoms with van der Waals surface area (Å²) in [5.74, 6) is 0.670. The molecule has 2 aromatic rings. The second kappa shape index (κ2) is 9.33. The Hall–Kier alpha value is -2.82. The maximum absolute atomic E-state index is 13.1. The van der Waals surface area contributed by atoms with Crippen LogP contribution in [-0.2, 0) is 4.79 Å². The van der Waals surface area contributed by atoms with Crippen LogP contribution in [0.3, 0.4) is 0 Å². The third-order valence-electron chi connectivity index (χ3n) is 6.40. The first kappa shape index (κ1) is 20.5. The fraction of sp³-hybridized carbons (Fsp3) is 0.440. The van der Waals surface area contributed by atoms with Crippen LogP contribution in [0.2, 0.25) is 0 Å². The van der Waals surface area contributed by atoms with Crippen LogP contribution in [-0.4, -0.2) is 47.9 Å². The molecule has 5 nitrogen and oxygen atoms in total. The Bertz CT molecular complexity index is 875. The van der Waals surface area contributed by atoms with Crippen molar-refractivity contribution in [2.24, 2.45) is 5.92 Å². The number of hydrogen-bond acceptors (Lipinski definition) is 2. The lowest BCUT2D eigenvalue weighted by Crippen LogP contribution is -2.49. The van der Waals surface area contributed by atoms with E-state index in [2.05, 4.69) is 29.6 Å². The second-order valence-corrected chi connectivity index (χ2v) is 8.60. The predicted octanol–water partition coefficient (Wildman–Crippen LogP) is 4.65. The average Bonchev–Trinajstić information content (AvgIpc) is 2.79. The van der Waals surface area contributed by atoms with E-state index in [4.69, 9.17) is 0 Å². The molecule has 1 N–H and O–H groups in total. The van der Waals surface area contributed by atoms with Crippen molar-refractivity contribution in [3.05, 3.63) is 65.7 Å². The minimum Gasteiger partial charge on any atom is -0.342 e. The van der Waals surface area contributed by atoms with Crippen LogP contribution in [0.5, 0.6) is 0 Å². The Morgan fingerprint density at radius 1 is 0.900 bits per heavy atom. The number of benzene rings is 2. The van der Waals surface area contributed by atoms with E-state index in [0.717, 1.165) is 50.0 Å². The molecule has 2 fully saturated rings. The van der Waals surface area contributed by atoms with Crippen LogP contribution in [0.4, 0.5) is 10.5 Å². The van der Waals surface area contributed by atoms with Gasteiger partial charge in [0, 0.05) is 31.9 Å². The number of carbonyl (C=O) groups excluding carboxylic acids is 2. The fourth-order valence-electron chi connectivity index (χ4n) is 4.71. The number of hydrogen-bond donors (Lipinski definition) is 1. The summed E-state index contributed by atoms with van der Waals surface area (Å²) in [7, 11) is 0. The van der Waals surface area contributed by atoms with Gasteiger partial charge in [-0.25, -0.2) is 4.79 Å². The van der Waals surface area contributed by atoms with E-state index in [0.29, 0.717) is 19.0 Å². The van der Waals surface area contributed by atoms with Crippen LogP contribution in [0.1, 0.15) is 42.7 Å². The van der Waals surface area contributed by atoms with Crippen LogP contribution in [0.25, 0.3) is 0 Å². The van der Waals surface area contributed by atoms with Gasteiger partial charge >= 0.3 is 6.03 Å². The highest BCUT2D eigenvalue weighted by Gasteiger charge is 2.33.